The number of ether oxygens (including phenoxy) is 1. The van der Waals surface area contributed by atoms with Gasteiger partial charge in [0.2, 0.25) is 0 Å². The maximum absolute atomic E-state index is 4.95. The average Bonchev–Trinajstić information content (AvgIpc) is 2.15. The van der Waals surface area contributed by atoms with E-state index in [1.807, 2.05) is 6.08 Å². The quantitative estimate of drug-likeness (QED) is 0.446. The van der Waals surface area contributed by atoms with Crippen molar-refractivity contribution >= 4 is 0 Å². The predicted octanol–water partition coefficient (Wildman–Crippen LogP) is 1.12. The smallest absolute Gasteiger partial charge is 0.0587 e. The number of nitrogens with zero attached hydrogens (tertiary/aromatic N) is 1. The third-order valence-electron chi connectivity index (χ3n) is 2.15. The van der Waals surface area contributed by atoms with E-state index in [4.69, 9.17) is 4.74 Å². The molecule has 0 aliphatic heterocycles. The summed E-state index contributed by atoms with van der Waals surface area (Å²) >= 11 is 0. The summed E-state index contributed by atoms with van der Waals surface area (Å²) in [7, 11) is 1.72. The molecule has 0 rings (SSSR count). The molecular weight excluding hydrogens is 176 g/mol. The van der Waals surface area contributed by atoms with E-state index in [9.17, 15) is 0 Å². The van der Waals surface area contributed by atoms with Crippen molar-refractivity contribution < 1.29 is 4.74 Å². The van der Waals surface area contributed by atoms with Gasteiger partial charge in [0.1, 0.15) is 0 Å². The van der Waals surface area contributed by atoms with Crippen LogP contribution in [0.4, 0.5) is 0 Å². The Bertz CT molecular complexity index is 137. The van der Waals surface area contributed by atoms with Crippen LogP contribution in [-0.2, 0) is 4.74 Å². The Balaban J connectivity index is 3.45. The fourth-order valence-electron chi connectivity index (χ4n) is 1.25. The molecule has 0 unspecified atom stereocenters. The first-order valence-electron chi connectivity index (χ1n) is 5.27. The molecular formula is C11H24N2O. The van der Waals surface area contributed by atoms with E-state index in [0.29, 0.717) is 6.04 Å². The zero-order valence-electron chi connectivity index (χ0n) is 9.75. The zero-order chi connectivity index (χ0) is 10.8. The first-order chi connectivity index (χ1) is 6.72. The molecule has 0 heterocycles. The standard InChI is InChI=1S/C11H24N2O/c1-5-8-13(11(2)3)9-6-12-7-10-14-4/h5,11-12H,1,6-10H2,2-4H3. The van der Waals surface area contributed by atoms with Crippen molar-refractivity contribution in [2.45, 2.75) is 19.9 Å². The molecule has 0 atom stereocenters. The molecule has 0 saturated heterocycles. The number of nitrogens with one attached hydrogen (secondary N) is 1. The summed E-state index contributed by atoms with van der Waals surface area (Å²) in [4.78, 5) is 2.38. The van der Waals surface area contributed by atoms with Crippen molar-refractivity contribution in [1.82, 2.24) is 10.2 Å². The molecule has 0 bridgehead atoms. The molecule has 0 saturated carbocycles. The van der Waals surface area contributed by atoms with E-state index < -0.39 is 0 Å². The van der Waals surface area contributed by atoms with Gasteiger partial charge in [-0.25, -0.2) is 0 Å². The van der Waals surface area contributed by atoms with Crippen LogP contribution in [-0.4, -0.2) is 50.8 Å². The van der Waals surface area contributed by atoms with Crippen molar-refractivity contribution in [2.24, 2.45) is 0 Å². The lowest BCUT2D eigenvalue weighted by Gasteiger charge is -2.24. The summed E-state index contributed by atoms with van der Waals surface area (Å²) in [5.74, 6) is 0. The molecule has 3 nitrogen and oxygen atoms in total. The van der Waals surface area contributed by atoms with Gasteiger partial charge < -0.3 is 10.1 Å². The molecule has 0 aromatic rings. The lowest BCUT2D eigenvalue weighted by atomic mass is 10.3. The molecule has 0 aliphatic carbocycles. The van der Waals surface area contributed by atoms with Gasteiger partial charge in [0.25, 0.3) is 0 Å². The molecule has 84 valence electrons. The van der Waals surface area contributed by atoms with Crippen LogP contribution in [0.2, 0.25) is 0 Å². The van der Waals surface area contributed by atoms with Crippen LogP contribution < -0.4 is 5.32 Å². The van der Waals surface area contributed by atoms with Crippen LogP contribution in [0.1, 0.15) is 13.8 Å². The number of hydrogen-bond acceptors (Lipinski definition) is 3. The number of hydrogen-bond donors (Lipinski definition) is 1. The lowest BCUT2D eigenvalue weighted by Crippen LogP contribution is -2.37. The molecule has 0 radical (unpaired) electrons. The minimum atomic E-state index is 0.581. The number of rotatable bonds is 9. The third kappa shape index (κ3) is 7.06. The maximum Gasteiger partial charge on any atom is 0.0587 e. The van der Waals surface area contributed by atoms with Crippen molar-refractivity contribution in [3.8, 4) is 0 Å². The molecule has 0 aromatic carbocycles. The SMILES string of the molecule is C=CCN(CCNCCOC)C(C)C. The molecule has 0 amide bonds. The van der Waals surface area contributed by atoms with E-state index in [1.54, 1.807) is 7.11 Å². The van der Waals surface area contributed by atoms with Crippen molar-refractivity contribution in [3.63, 3.8) is 0 Å². The fraction of sp³-hybridized carbons (Fsp3) is 0.818. The Morgan fingerprint density at radius 2 is 2.14 bits per heavy atom. The minimum absolute atomic E-state index is 0.581. The first kappa shape index (κ1) is 13.6. The molecule has 0 aromatic heterocycles. The molecule has 1 N–H and O–H groups in total. The van der Waals surface area contributed by atoms with Crippen LogP contribution >= 0.6 is 0 Å². The molecule has 0 fully saturated rings. The van der Waals surface area contributed by atoms with Gasteiger partial charge in [-0.3, -0.25) is 4.90 Å². The number of methoxy groups -OCH3 is 1. The topological polar surface area (TPSA) is 24.5 Å². The summed E-state index contributed by atoms with van der Waals surface area (Å²) in [5.41, 5.74) is 0. The summed E-state index contributed by atoms with van der Waals surface area (Å²) in [6, 6.07) is 0.581. The van der Waals surface area contributed by atoms with Crippen LogP contribution in [0, 0.1) is 0 Å². The lowest BCUT2D eigenvalue weighted by molar-refractivity contribution is 0.194. The Hall–Kier alpha value is -0.380. The average molecular weight is 200 g/mol. The van der Waals surface area contributed by atoms with Gasteiger partial charge in [0.05, 0.1) is 6.61 Å². The van der Waals surface area contributed by atoms with Gasteiger partial charge in [-0.05, 0) is 13.8 Å². The van der Waals surface area contributed by atoms with Crippen molar-refractivity contribution in [1.29, 1.82) is 0 Å². The Labute approximate surface area is 88.1 Å². The molecule has 0 spiro atoms. The van der Waals surface area contributed by atoms with Crippen LogP contribution in [0.5, 0.6) is 0 Å². The van der Waals surface area contributed by atoms with Crippen molar-refractivity contribution in [3.05, 3.63) is 12.7 Å². The monoisotopic (exact) mass is 200 g/mol. The summed E-state index contributed by atoms with van der Waals surface area (Å²) in [6.07, 6.45) is 1.95. The van der Waals surface area contributed by atoms with Gasteiger partial charge in [0, 0.05) is 39.3 Å². The Morgan fingerprint density at radius 3 is 2.64 bits per heavy atom. The van der Waals surface area contributed by atoms with Crippen molar-refractivity contribution in [2.75, 3.05) is 39.9 Å². The van der Waals surface area contributed by atoms with Gasteiger partial charge in [-0.2, -0.15) is 0 Å². The van der Waals surface area contributed by atoms with Gasteiger partial charge in [0.15, 0.2) is 0 Å². The highest BCUT2D eigenvalue weighted by atomic mass is 16.5. The van der Waals surface area contributed by atoms with E-state index in [1.165, 1.54) is 0 Å². The molecule has 0 aliphatic rings. The van der Waals surface area contributed by atoms with Crippen LogP contribution in [0.3, 0.4) is 0 Å². The zero-order valence-corrected chi connectivity index (χ0v) is 9.75. The second-order valence-corrected chi connectivity index (χ2v) is 3.62. The second kappa shape index (κ2) is 9.19. The van der Waals surface area contributed by atoms with E-state index in [0.717, 1.165) is 32.8 Å². The molecule has 3 heteroatoms. The molecule has 14 heavy (non-hydrogen) atoms. The first-order valence-corrected chi connectivity index (χ1v) is 5.27. The highest BCUT2D eigenvalue weighted by Gasteiger charge is 2.05. The van der Waals surface area contributed by atoms with Gasteiger partial charge >= 0.3 is 0 Å². The summed E-state index contributed by atoms with van der Waals surface area (Å²) in [6.45, 7) is 12.9. The minimum Gasteiger partial charge on any atom is -0.383 e. The second-order valence-electron chi connectivity index (χ2n) is 3.62. The van der Waals surface area contributed by atoms with Crippen LogP contribution in [0.25, 0.3) is 0 Å². The van der Waals surface area contributed by atoms with Gasteiger partial charge in [-0.1, -0.05) is 6.08 Å². The van der Waals surface area contributed by atoms with Gasteiger partial charge in [-0.15, -0.1) is 6.58 Å². The fourth-order valence-corrected chi connectivity index (χ4v) is 1.25. The third-order valence-corrected chi connectivity index (χ3v) is 2.15. The van der Waals surface area contributed by atoms with Crippen LogP contribution in [0.15, 0.2) is 12.7 Å². The largest absolute Gasteiger partial charge is 0.383 e. The predicted molar refractivity (Wildman–Crippen MR) is 61.7 cm³/mol. The van der Waals surface area contributed by atoms with E-state index in [-0.39, 0.29) is 0 Å². The summed E-state index contributed by atoms with van der Waals surface area (Å²) in [5, 5.41) is 3.33. The van der Waals surface area contributed by atoms with E-state index in [2.05, 4.69) is 30.6 Å². The Morgan fingerprint density at radius 1 is 1.43 bits per heavy atom. The highest BCUT2D eigenvalue weighted by molar-refractivity contribution is 4.76. The normalized spacial score (nSPS) is 11.2. The maximum atomic E-state index is 4.95. The summed E-state index contributed by atoms with van der Waals surface area (Å²) < 4.78 is 4.95. The highest BCUT2D eigenvalue weighted by Crippen LogP contribution is 1.96. The van der Waals surface area contributed by atoms with E-state index >= 15 is 0 Å². The Kier molecular flexibility index (Phi) is 8.94.